The maximum absolute atomic E-state index is 5.49. The predicted molar refractivity (Wildman–Crippen MR) is 57.3 cm³/mol. The molecule has 1 heterocycles. The fourth-order valence-corrected chi connectivity index (χ4v) is 2.54. The second-order valence-electron chi connectivity index (χ2n) is 2.13. The van der Waals surface area contributed by atoms with E-state index in [1.165, 1.54) is 0 Å². The first-order valence-electron chi connectivity index (χ1n) is 3.23. The first kappa shape index (κ1) is 9.47. The van der Waals surface area contributed by atoms with Crippen LogP contribution in [0.4, 0.5) is 0 Å². The molecule has 2 nitrogen and oxygen atoms in total. The van der Waals surface area contributed by atoms with E-state index in [2.05, 4.69) is 45.2 Å². The van der Waals surface area contributed by atoms with Crippen molar-refractivity contribution in [3.63, 3.8) is 0 Å². The molecular formula is C6H10I2O2. The second kappa shape index (κ2) is 5.10. The summed E-state index contributed by atoms with van der Waals surface area (Å²) in [4.78, 5) is 0. The SMILES string of the molecule is ICC1OCCOC1CI. The summed E-state index contributed by atoms with van der Waals surface area (Å²) in [6.07, 6.45) is 0.650. The summed E-state index contributed by atoms with van der Waals surface area (Å²) < 4.78 is 13.1. The van der Waals surface area contributed by atoms with Crippen LogP contribution in [0.25, 0.3) is 0 Å². The van der Waals surface area contributed by atoms with E-state index in [1.807, 2.05) is 0 Å². The molecule has 0 radical (unpaired) electrons. The molecule has 60 valence electrons. The molecule has 0 aromatic carbocycles. The smallest absolute Gasteiger partial charge is 0.0934 e. The van der Waals surface area contributed by atoms with E-state index in [4.69, 9.17) is 9.47 Å². The van der Waals surface area contributed by atoms with Gasteiger partial charge >= 0.3 is 0 Å². The third-order valence-corrected chi connectivity index (χ3v) is 3.20. The minimum Gasteiger partial charge on any atom is -0.372 e. The van der Waals surface area contributed by atoms with Crippen molar-refractivity contribution < 1.29 is 9.47 Å². The predicted octanol–water partition coefficient (Wildman–Crippen LogP) is 1.64. The lowest BCUT2D eigenvalue weighted by Gasteiger charge is -2.29. The van der Waals surface area contributed by atoms with Gasteiger partial charge in [-0.1, -0.05) is 45.2 Å². The van der Waals surface area contributed by atoms with Gasteiger partial charge in [-0.15, -0.1) is 0 Å². The molecule has 0 aliphatic carbocycles. The normalized spacial score (nSPS) is 34.2. The fraction of sp³-hybridized carbons (Fsp3) is 1.00. The van der Waals surface area contributed by atoms with Crippen molar-refractivity contribution in [1.29, 1.82) is 0 Å². The summed E-state index contributed by atoms with van der Waals surface area (Å²) in [5.74, 6) is 0. The monoisotopic (exact) mass is 368 g/mol. The highest BCUT2D eigenvalue weighted by Gasteiger charge is 2.24. The summed E-state index contributed by atoms with van der Waals surface area (Å²) >= 11 is 4.67. The van der Waals surface area contributed by atoms with Gasteiger partial charge in [0.25, 0.3) is 0 Å². The third kappa shape index (κ3) is 2.46. The van der Waals surface area contributed by atoms with Crippen LogP contribution >= 0.6 is 45.2 Å². The largest absolute Gasteiger partial charge is 0.372 e. The molecule has 1 aliphatic rings. The van der Waals surface area contributed by atoms with Crippen molar-refractivity contribution in [3.8, 4) is 0 Å². The summed E-state index contributed by atoms with van der Waals surface area (Å²) in [5.41, 5.74) is 0. The number of rotatable bonds is 2. The molecular weight excluding hydrogens is 358 g/mol. The minimum atomic E-state index is 0.325. The Morgan fingerprint density at radius 1 is 1.00 bits per heavy atom. The average Bonchev–Trinajstić information content (AvgIpc) is 2.04. The number of halogens is 2. The van der Waals surface area contributed by atoms with Crippen molar-refractivity contribution in [2.45, 2.75) is 12.2 Å². The standard InChI is InChI=1S/C6H10I2O2/c7-3-5-6(4-8)10-2-1-9-5/h5-6H,1-4H2. The van der Waals surface area contributed by atoms with Gasteiger partial charge in [-0.05, 0) is 0 Å². The molecule has 10 heavy (non-hydrogen) atoms. The van der Waals surface area contributed by atoms with Gasteiger partial charge in [-0.25, -0.2) is 0 Å². The van der Waals surface area contributed by atoms with E-state index in [9.17, 15) is 0 Å². The van der Waals surface area contributed by atoms with E-state index in [-0.39, 0.29) is 0 Å². The molecule has 0 bridgehead atoms. The average molecular weight is 368 g/mol. The summed E-state index contributed by atoms with van der Waals surface area (Å²) in [6.45, 7) is 1.53. The van der Waals surface area contributed by atoms with Crippen LogP contribution in [0, 0.1) is 0 Å². The van der Waals surface area contributed by atoms with Crippen LogP contribution in [0.15, 0.2) is 0 Å². The number of hydrogen-bond donors (Lipinski definition) is 0. The molecule has 4 heteroatoms. The van der Waals surface area contributed by atoms with E-state index >= 15 is 0 Å². The third-order valence-electron chi connectivity index (χ3n) is 1.47. The lowest BCUT2D eigenvalue weighted by molar-refractivity contribution is -0.118. The van der Waals surface area contributed by atoms with Gasteiger partial charge < -0.3 is 9.47 Å². The molecule has 2 atom stereocenters. The number of ether oxygens (including phenoxy) is 2. The zero-order valence-corrected chi connectivity index (χ0v) is 9.87. The quantitative estimate of drug-likeness (QED) is 0.545. The molecule has 0 saturated carbocycles. The highest BCUT2D eigenvalue weighted by atomic mass is 127. The van der Waals surface area contributed by atoms with Gasteiger partial charge in [0, 0.05) is 8.86 Å². The van der Waals surface area contributed by atoms with Crippen molar-refractivity contribution in [3.05, 3.63) is 0 Å². The molecule has 0 N–H and O–H groups in total. The molecule has 0 aromatic heterocycles. The number of alkyl halides is 2. The molecule has 1 aliphatic heterocycles. The maximum Gasteiger partial charge on any atom is 0.0934 e. The Hall–Kier alpha value is 1.38. The molecule has 1 saturated heterocycles. The van der Waals surface area contributed by atoms with Crippen molar-refractivity contribution >= 4 is 45.2 Å². The molecule has 0 amide bonds. The van der Waals surface area contributed by atoms with Crippen LogP contribution < -0.4 is 0 Å². The van der Waals surface area contributed by atoms with Gasteiger partial charge in [-0.2, -0.15) is 0 Å². The first-order valence-corrected chi connectivity index (χ1v) is 6.28. The van der Waals surface area contributed by atoms with Gasteiger partial charge in [0.15, 0.2) is 0 Å². The van der Waals surface area contributed by atoms with Gasteiger partial charge in [-0.3, -0.25) is 0 Å². The van der Waals surface area contributed by atoms with Crippen LogP contribution in [0.3, 0.4) is 0 Å². The topological polar surface area (TPSA) is 18.5 Å². The summed E-state index contributed by atoms with van der Waals surface area (Å²) in [7, 11) is 0. The Kier molecular flexibility index (Phi) is 4.83. The Morgan fingerprint density at radius 3 is 1.70 bits per heavy atom. The fourth-order valence-electron chi connectivity index (χ4n) is 0.901. The molecule has 1 fully saturated rings. The highest BCUT2D eigenvalue weighted by Crippen LogP contribution is 2.14. The Balaban J connectivity index is 2.34. The van der Waals surface area contributed by atoms with E-state index in [1.54, 1.807) is 0 Å². The van der Waals surface area contributed by atoms with Gasteiger partial charge in [0.05, 0.1) is 25.4 Å². The van der Waals surface area contributed by atoms with E-state index < -0.39 is 0 Å². The van der Waals surface area contributed by atoms with Crippen molar-refractivity contribution in [2.24, 2.45) is 0 Å². The van der Waals surface area contributed by atoms with Crippen LogP contribution in [-0.2, 0) is 9.47 Å². The second-order valence-corrected chi connectivity index (χ2v) is 3.89. The van der Waals surface area contributed by atoms with E-state index in [0.717, 1.165) is 22.1 Å². The zero-order valence-electron chi connectivity index (χ0n) is 5.56. The van der Waals surface area contributed by atoms with Crippen LogP contribution in [0.2, 0.25) is 0 Å². The van der Waals surface area contributed by atoms with Crippen molar-refractivity contribution in [2.75, 3.05) is 22.1 Å². The van der Waals surface area contributed by atoms with Crippen LogP contribution in [0.1, 0.15) is 0 Å². The van der Waals surface area contributed by atoms with Crippen LogP contribution in [0.5, 0.6) is 0 Å². The molecule has 1 rings (SSSR count). The van der Waals surface area contributed by atoms with E-state index in [0.29, 0.717) is 12.2 Å². The van der Waals surface area contributed by atoms with Crippen LogP contribution in [-0.4, -0.2) is 34.3 Å². The summed E-state index contributed by atoms with van der Waals surface area (Å²) in [6, 6.07) is 0. The van der Waals surface area contributed by atoms with Gasteiger partial charge in [0.1, 0.15) is 0 Å². The Bertz CT molecular complexity index is 87.7. The minimum absolute atomic E-state index is 0.325. The van der Waals surface area contributed by atoms with Gasteiger partial charge in [0.2, 0.25) is 0 Å². The molecule has 0 spiro atoms. The first-order chi connectivity index (χ1) is 4.88. The van der Waals surface area contributed by atoms with Crippen molar-refractivity contribution in [1.82, 2.24) is 0 Å². The lowest BCUT2D eigenvalue weighted by Crippen LogP contribution is -2.40. The molecule has 2 unspecified atom stereocenters. The maximum atomic E-state index is 5.49. The Morgan fingerprint density at radius 2 is 1.40 bits per heavy atom. The summed E-state index contributed by atoms with van der Waals surface area (Å²) in [5, 5.41) is 0. The highest BCUT2D eigenvalue weighted by molar-refractivity contribution is 14.1. The lowest BCUT2D eigenvalue weighted by atomic mass is 10.2. The Labute approximate surface area is 88.3 Å². The number of hydrogen-bond acceptors (Lipinski definition) is 2. The molecule has 0 aromatic rings. The zero-order chi connectivity index (χ0) is 7.40.